The van der Waals surface area contributed by atoms with E-state index in [4.69, 9.17) is 0 Å². The Morgan fingerprint density at radius 3 is 2.59 bits per heavy atom. The lowest BCUT2D eigenvalue weighted by molar-refractivity contribution is -0.902. The maximum Gasteiger partial charge on any atom is 0.236 e. The molecular weight excluding hydrogens is 378 g/mol. The number of carbonyl (C=O) groups excluding carboxylic acids is 1. The number of hydrogen-bond donors (Lipinski definition) is 2. The molecule has 1 aromatic carbocycles. The van der Waals surface area contributed by atoms with E-state index in [1.165, 1.54) is 28.7 Å². The number of aromatic nitrogens is 2. The third-order valence-electron chi connectivity index (χ3n) is 4.93. The van der Waals surface area contributed by atoms with Crippen molar-refractivity contribution in [3.05, 3.63) is 29.8 Å². The second-order valence-electron chi connectivity index (χ2n) is 6.74. The molecule has 1 aromatic heterocycles. The van der Waals surface area contributed by atoms with Gasteiger partial charge in [-0.05, 0) is 38.0 Å². The largest absolute Gasteiger partial charge is 0.332 e. The fourth-order valence-corrected chi connectivity index (χ4v) is 5.11. The molecule has 0 spiro atoms. The third-order valence-corrected chi connectivity index (χ3v) is 6.94. The van der Waals surface area contributed by atoms with E-state index in [9.17, 15) is 4.79 Å². The third kappa shape index (κ3) is 5.43. The second kappa shape index (κ2) is 9.52. The van der Waals surface area contributed by atoms with E-state index in [1.54, 1.807) is 4.90 Å². The van der Waals surface area contributed by atoms with Crippen molar-refractivity contribution in [3.8, 4) is 0 Å². The second-order valence-corrected chi connectivity index (χ2v) is 9.30. The van der Waals surface area contributed by atoms with Crippen LogP contribution in [0.3, 0.4) is 0 Å². The molecule has 1 aliphatic rings. The fourth-order valence-electron chi connectivity index (χ4n) is 3.11. The molecule has 3 rings (SSSR count). The Kier molecular flexibility index (Phi) is 7.09. The molecule has 2 heterocycles. The monoisotopic (exact) mass is 406 g/mol. The summed E-state index contributed by atoms with van der Waals surface area (Å²) in [5.41, 5.74) is 2.31. The Hall–Kier alpha value is -1.64. The van der Waals surface area contributed by atoms with Crippen molar-refractivity contribution in [3.63, 3.8) is 0 Å². The SMILES string of the molecule is CCc1ccc(Nc2nnc(S[C@@H](C)C(=O)N3CC[NH+](CC)CC3)s2)cc1. The van der Waals surface area contributed by atoms with E-state index >= 15 is 0 Å². The summed E-state index contributed by atoms with van der Waals surface area (Å²) in [6, 6.07) is 8.33. The molecule has 0 radical (unpaired) electrons. The molecule has 1 aliphatic heterocycles. The number of nitrogens with one attached hydrogen (secondary N) is 2. The van der Waals surface area contributed by atoms with Gasteiger partial charge < -0.3 is 15.1 Å². The lowest BCUT2D eigenvalue weighted by atomic mass is 10.1. The fraction of sp³-hybridized carbons (Fsp3) is 0.526. The number of rotatable bonds is 7. The molecule has 1 atom stereocenters. The Balaban J connectivity index is 1.52. The molecule has 0 aliphatic carbocycles. The van der Waals surface area contributed by atoms with Crippen LogP contribution >= 0.6 is 23.1 Å². The maximum atomic E-state index is 12.7. The minimum atomic E-state index is -0.141. The predicted octanol–water partition coefficient (Wildman–Crippen LogP) is 2.07. The Labute approximate surface area is 169 Å². The summed E-state index contributed by atoms with van der Waals surface area (Å²) in [4.78, 5) is 16.3. The molecule has 0 bridgehead atoms. The van der Waals surface area contributed by atoms with Crippen LogP contribution < -0.4 is 10.2 Å². The van der Waals surface area contributed by atoms with Crippen LogP contribution in [0.1, 0.15) is 26.3 Å². The normalized spacial score (nSPS) is 16.3. The van der Waals surface area contributed by atoms with Crippen LogP contribution in [0.5, 0.6) is 0 Å². The van der Waals surface area contributed by atoms with Crippen molar-refractivity contribution in [1.29, 1.82) is 0 Å². The molecule has 1 fully saturated rings. The predicted molar refractivity (Wildman–Crippen MR) is 112 cm³/mol. The number of piperazine rings is 1. The number of thioether (sulfide) groups is 1. The van der Waals surface area contributed by atoms with Gasteiger partial charge in [0.2, 0.25) is 11.0 Å². The molecule has 6 nitrogen and oxygen atoms in total. The first kappa shape index (κ1) is 20.1. The molecule has 8 heteroatoms. The summed E-state index contributed by atoms with van der Waals surface area (Å²) in [7, 11) is 0. The van der Waals surface area contributed by atoms with Crippen molar-refractivity contribution >= 4 is 39.8 Å². The zero-order chi connectivity index (χ0) is 19.2. The molecule has 27 heavy (non-hydrogen) atoms. The van der Waals surface area contributed by atoms with Crippen molar-refractivity contribution in [2.24, 2.45) is 0 Å². The van der Waals surface area contributed by atoms with Crippen molar-refractivity contribution in [1.82, 2.24) is 15.1 Å². The number of likely N-dealkylation sites (N-methyl/N-ethyl adjacent to an activating group) is 1. The van der Waals surface area contributed by atoms with Crippen LogP contribution in [0.25, 0.3) is 0 Å². The van der Waals surface area contributed by atoms with E-state index < -0.39 is 0 Å². The van der Waals surface area contributed by atoms with Gasteiger partial charge in [0, 0.05) is 5.69 Å². The highest BCUT2D eigenvalue weighted by molar-refractivity contribution is 8.02. The van der Waals surface area contributed by atoms with Gasteiger partial charge in [-0.1, -0.05) is 42.2 Å². The molecule has 146 valence electrons. The van der Waals surface area contributed by atoms with Crippen LogP contribution in [-0.2, 0) is 11.2 Å². The minimum absolute atomic E-state index is 0.141. The minimum Gasteiger partial charge on any atom is -0.332 e. The highest BCUT2D eigenvalue weighted by Gasteiger charge is 2.27. The summed E-state index contributed by atoms with van der Waals surface area (Å²) in [6.07, 6.45) is 1.03. The molecule has 1 saturated heterocycles. The highest BCUT2D eigenvalue weighted by Crippen LogP contribution is 2.31. The van der Waals surface area contributed by atoms with Crippen molar-refractivity contribution in [2.75, 3.05) is 38.0 Å². The Morgan fingerprint density at radius 1 is 1.26 bits per heavy atom. The summed E-state index contributed by atoms with van der Waals surface area (Å²) < 4.78 is 0.821. The first-order chi connectivity index (χ1) is 13.1. The summed E-state index contributed by atoms with van der Waals surface area (Å²) in [6.45, 7) is 11.2. The Bertz CT molecular complexity index is 741. The molecule has 2 aromatic rings. The van der Waals surface area contributed by atoms with Gasteiger partial charge in [-0.2, -0.15) is 0 Å². The summed E-state index contributed by atoms with van der Waals surface area (Å²) >= 11 is 2.99. The maximum absolute atomic E-state index is 12.7. The van der Waals surface area contributed by atoms with Gasteiger partial charge >= 0.3 is 0 Å². The van der Waals surface area contributed by atoms with Gasteiger partial charge in [-0.3, -0.25) is 4.79 Å². The number of nitrogens with zero attached hydrogens (tertiary/aromatic N) is 3. The first-order valence-corrected chi connectivity index (χ1v) is 11.3. The number of amides is 1. The lowest BCUT2D eigenvalue weighted by Gasteiger charge is -2.32. The lowest BCUT2D eigenvalue weighted by Crippen LogP contribution is -3.14. The number of hydrogen-bond acceptors (Lipinski definition) is 6. The number of quaternary nitrogens is 1. The van der Waals surface area contributed by atoms with Gasteiger partial charge in [0.05, 0.1) is 38.0 Å². The Morgan fingerprint density at radius 2 is 1.96 bits per heavy atom. The van der Waals surface area contributed by atoms with Crippen molar-refractivity contribution < 1.29 is 9.69 Å². The van der Waals surface area contributed by atoms with Crippen LogP contribution in [0.15, 0.2) is 28.6 Å². The molecule has 0 saturated carbocycles. The molecule has 0 unspecified atom stereocenters. The number of carbonyl (C=O) groups is 1. The standard InChI is InChI=1S/C19H27N5OS2/c1-4-15-6-8-16(9-7-15)20-18-21-22-19(27-18)26-14(3)17(25)24-12-10-23(5-2)11-13-24/h6-9,14H,4-5,10-13H2,1-3H3,(H,20,21)/p+1/t14-/m0/s1. The van der Waals surface area contributed by atoms with Gasteiger partial charge in [-0.15, -0.1) is 10.2 Å². The number of anilines is 2. The van der Waals surface area contributed by atoms with E-state index in [1.807, 2.05) is 11.8 Å². The average Bonchev–Trinajstić information content (AvgIpc) is 3.14. The van der Waals surface area contributed by atoms with Crippen molar-refractivity contribution in [2.45, 2.75) is 36.8 Å². The first-order valence-electron chi connectivity index (χ1n) is 9.57. The zero-order valence-electron chi connectivity index (χ0n) is 16.2. The quantitative estimate of drug-likeness (QED) is 0.690. The van der Waals surface area contributed by atoms with Crippen LogP contribution in [0, 0.1) is 0 Å². The van der Waals surface area contributed by atoms with Crippen LogP contribution in [-0.4, -0.2) is 59.0 Å². The van der Waals surface area contributed by atoms with Gasteiger partial charge in [0.25, 0.3) is 0 Å². The molecule has 1 amide bonds. The average molecular weight is 407 g/mol. The smallest absolute Gasteiger partial charge is 0.236 e. The topological polar surface area (TPSA) is 62.6 Å². The van der Waals surface area contributed by atoms with Gasteiger partial charge in [0.1, 0.15) is 0 Å². The molecule has 2 N–H and O–H groups in total. The zero-order valence-corrected chi connectivity index (χ0v) is 17.8. The van der Waals surface area contributed by atoms with Crippen LogP contribution in [0.4, 0.5) is 10.8 Å². The van der Waals surface area contributed by atoms with E-state index in [-0.39, 0.29) is 11.2 Å². The van der Waals surface area contributed by atoms with Crippen LogP contribution in [0.2, 0.25) is 0 Å². The van der Waals surface area contributed by atoms with E-state index in [0.717, 1.165) is 54.3 Å². The van der Waals surface area contributed by atoms with E-state index in [0.29, 0.717) is 0 Å². The summed E-state index contributed by atoms with van der Waals surface area (Å²) in [5.74, 6) is 0.204. The highest BCUT2D eigenvalue weighted by atomic mass is 32.2. The summed E-state index contributed by atoms with van der Waals surface area (Å²) in [5, 5.41) is 12.3. The van der Waals surface area contributed by atoms with E-state index in [2.05, 4.69) is 53.6 Å². The number of benzene rings is 1. The number of aryl methyl sites for hydroxylation is 1. The molecular formula is C19H28N5OS2+. The van der Waals surface area contributed by atoms with Gasteiger partial charge in [0.15, 0.2) is 4.34 Å². The van der Waals surface area contributed by atoms with Gasteiger partial charge in [-0.25, -0.2) is 0 Å².